The number of hydrogen-bond acceptors (Lipinski definition) is 3. The van der Waals surface area contributed by atoms with E-state index < -0.39 is 10.0 Å². The second-order valence-electron chi connectivity index (χ2n) is 7.05. The Morgan fingerprint density at radius 3 is 2.45 bits per heavy atom. The first kappa shape index (κ1) is 16.0. The average Bonchev–Trinajstić information content (AvgIpc) is 3.10. The van der Waals surface area contributed by atoms with Gasteiger partial charge in [-0.25, -0.2) is 13.1 Å². The zero-order valence-electron chi connectivity index (χ0n) is 13.4. The van der Waals surface area contributed by atoms with Crippen LogP contribution in [0.2, 0.25) is 0 Å². The van der Waals surface area contributed by atoms with Crippen LogP contribution in [0.3, 0.4) is 0 Å². The summed E-state index contributed by atoms with van der Waals surface area (Å²) in [6.45, 7) is 2.05. The summed E-state index contributed by atoms with van der Waals surface area (Å²) in [6.07, 6.45) is 12.3. The Bertz CT molecular complexity index is 582. The third-order valence-corrected chi connectivity index (χ3v) is 6.68. The lowest BCUT2D eigenvalue weighted by Crippen LogP contribution is -2.40. The first-order chi connectivity index (χ1) is 10.5. The predicted molar refractivity (Wildman–Crippen MR) is 87.1 cm³/mol. The molecule has 0 spiro atoms. The number of nitrogens with zero attached hydrogens (tertiary/aromatic N) is 2. The van der Waals surface area contributed by atoms with E-state index in [4.69, 9.17) is 0 Å². The summed E-state index contributed by atoms with van der Waals surface area (Å²) < 4.78 is 29.5. The van der Waals surface area contributed by atoms with Crippen LogP contribution in [0.15, 0.2) is 12.4 Å². The number of hydrogen-bond donors (Lipinski definition) is 1. The van der Waals surface area contributed by atoms with E-state index in [-0.39, 0.29) is 6.04 Å². The van der Waals surface area contributed by atoms with Crippen molar-refractivity contribution >= 4 is 10.0 Å². The van der Waals surface area contributed by atoms with E-state index >= 15 is 0 Å². The molecule has 1 aromatic heterocycles. The third-order valence-electron chi connectivity index (χ3n) is 5.08. The van der Waals surface area contributed by atoms with Crippen molar-refractivity contribution in [1.82, 2.24) is 14.5 Å². The molecular formula is C16H27N3O2S. The van der Waals surface area contributed by atoms with Crippen molar-refractivity contribution in [3.8, 4) is 0 Å². The van der Waals surface area contributed by atoms with Gasteiger partial charge in [-0.3, -0.25) is 4.68 Å². The molecule has 0 atom stereocenters. The van der Waals surface area contributed by atoms with Crippen molar-refractivity contribution < 1.29 is 8.42 Å². The van der Waals surface area contributed by atoms with Gasteiger partial charge in [-0.2, -0.15) is 5.10 Å². The molecule has 22 heavy (non-hydrogen) atoms. The monoisotopic (exact) mass is 325 g/mol. The zero-order chi connectivity index (χ0) is 15.6. The molecule has 0 bridgehead atoms. The smallest absolute Gasteiger partial charge is 0.212 e. The lowest BCUT2D eigenvalue weighted by molar-refractivity contribution is 0.293. The number of sulfonamides is 1. The molecule has 1 heterocycles. The first-order valence-electron chi connectivity index (χ1n) is 8.52. The van der Waals surface area contributed by atoms with Gasteiger partial charge in [0.1, 0.15) is 0 Å². The molecule has 5 nitrogen and oxygen atoms in total. The number of rotatable bonds is 5. The summed E-state index contributed by atoms with van der Waals surface area (Å²) in [5.41, 5.74) is 1.18. The minimum Gasteiger partial charge on any atom is -0.269 e. The van der Waals surface area contributed by atoms with E-state index in [0.29, 0.717) is 17.7 Å². The molecule has 0 aliphatic heterocycles. The number of aromatic nitrogens is 2. The summed E-state index contributed by atoms with van der Waals surface area (Å²) in [5, 5.41) is 4.39. The Kier molecular flexibility index (Phi) is 4.88. The molecule has 1 aromatic rings. The fourth-order valence-electron chi connectivity index (χ4n) is 3.88. The SMILES string of the molecule is Cc1cnn(C2CCC(NS(=O)(=O)CC3CCCC3)CC2)c1. The molecule has 2 saturated carbocycles. The van der Waals surface area contributed by atoms with Crippen molar-refractivity contribution in [2.75, 3.05) is 5.75 Å². The van der Waals surface area contributed by atoms with Gasteiger partial charge in [-0.15, -0.1) is 0 Å². The van der Waals surface area contributed by atoms with Crippen molar-refractivity contribution in [2.45, 2.75) is 70.4 Å². The van der Waals surface area contributed by atoms with Crippen molar-refractivity contribution in [1.29, 1.82) is 0 Å². The summed E-state index contributed by atoms with van der Waals surface area (Å²) >= 11 is 0. The maximum atomic E-state index is 12.3. The Morgan fingerprint density at radius 2 is 1.86 bits per heavy atom. The minimum absolute atomic E-state index is 0.110. The maximum absolute atomic E-state index is 12.3. The Morgan fingerprint density at radius 1 is 1.18 bits per heavy atom. The molecule has 6 heteroatoms. The van der Waals surface area contributed by atoms with Crippen LogP contribution in [0.25, 0.3) is 0 Å². The Hall–Kier alpha value is -0.880. The molecule has 3 rings (SSSR count). The number of nitrogens with one attached hydrogen (secondary N) is 1. The van der Waals surface area contributed by atoms with Crippen molar-refractivity contribution in [3.63, 3.8) is 0 Å². The molecule has 0 amide bonds. The van der Waals surface area contributed by atoms with Gasteiger partial charge in [0.05, 0.1) is 18.0 Å². The Labute approximate surface area is 133 Å². The fraction of sp³-hybridized carbons (Fsp3) is 0.812. The second-order valence-corrected chi connectivity index (χ2v) is 8.85. The summed E-state index contributed by atoms with van der Waals surface area (Å²) in [7, 11) is -3.12. The Balaban J connectivity index is 1.48. The molecule has 2 aliphatic rings. The molecule has 2 fully saturated rings. The summed E-state index contributed by atoms with van der Waals surface area (Å²) in [4.78, 5) is 0. The normalized spacial score (nSPS) is 27.3. The highest BCUT2D eigenvalue weighted by Crippen LogP contribution is 2.29. The molecule has 0 unspecified atom stereocenters. The molecule has 0 aromatic carbocycles. The largest absolute Gasteiger partial charge is 0.269 e. The van der Waals surface area contributed by atoms with E-state index in [9.17, 15) is 8.42 Å². The van der Waals surface area contributed by atoms with Gasteiger partial charge in [0.15, 0.2) is 0 Å². The first-order valence-corrected chi connectivity index (χ1v) is 10.2. The molecule has 2 aliphatic carbocycles. The highest BCUT2D eigenvalue weighted by molar-refractivity contribution is 7.89. The van der Waals surface area contributed by atoms with Gasteiger partial charge in [0, 0.05) is 12.2 Å². The topological polar surface area (TPSA) is 64.0 Å². The average molecular weight is 325 g/mol. The van der Waals surface area contributed by atoms with E-state index in [2.05, 4.69) is 16.0 Å². The quantitative estimate of drug-likeness (QED) is 0.905. The van der Waals surface area contributed by atoms with Crippen molar-refractivity contribution in [3.05, 3.63) is 18.0 Å². The molecule has 0 radical (unpaired) electrons. The standard InChI is InChI=1S/C16H27N3O2S/c1-13-10-17-19(11-13)16-8-6-15(7-9-16)18-22(20,21)12-14-4-2-3-5-14/h10-11,14-16,18H,2-9,12H2,1H3. The van der Waals surface area contributed by atoms with E-state index in [1.54, 1.807) is 0 Å². The van der Waals surface area contributed by atoms with Crippen LogP contribution in [0.1, 0.15) is 63.0 Å². The van der Waals surface area contributed by atoms with E-state index in [1.165, 1.54) is 18.4 Å². The second kappa shape index (κ2) is 6.71. The van der Waals surface area contributed by atoms with Gasteiger partial charge in [0.2, 0.25) is 10.0 Å². The third kappa shape index (κ3) is 4.10. The van der Waals surface area contributed by atoms with Gasteiger partial charge >= 0.3 is 0 Å². The van der Waals surface area contributed by atoms with Crippen molar-refractivity contribution in [2.24, 2.45) is 5.92 Å². The lowest BCUT2D eigenvalue weighted by Gasteiger charge is -2.29. The van der Waals surface area contributed by atoms with Crippen LogP contribution in [-0.2, 0) is 10.0 Å². The van der Waals surface area contributed by atoms with Gasteiger partial charge < -0.3 is 0 Å². The van der Waals surface area contributed by atoms with Crippen LogP contribution >= 0.6 is 0 Å². The van der Waals surface area contributed by atoms with Gasteiger partial charge in [-0.1, -0.05) is 12.8 Å². The van der Waals surface area contributed by atoms with E-state index in [1.807, 2.05) is 17.8 Å². The predicted octanol–water partition coefficient (Wildman–Crippen LogP) is 2.78. The molecule has 124 valence electrons. The van der Waals surface area contributed by atoms with Crippen LogP contribution < -0.4 is 4.72 Å². The van der Waals surface area contributed by atoms with E-state index in [0.717, 1.165) is 38.5 Å². The molecule has 1 N–H and O–H groups in total. The highest BCUT2D eigenvalue weighted by Gasteiger charge is 2.28. The highest BCUT2D eigenvalue weighted by atomic mass is 32.2. The maximum Gasteiger partial charge on any atom is 0.212 e. The minimum atomic E-state index is -3.12. The lowest BCUT2D eigenvalue weighted by atomic mass is 9.92. The zero-order valence-corrected chi connectivity index (χ0v) is 14.2. The fourth-order valence-corrected chi connectivity index (χ4v) is 5.67. The summed E-state index contributed by atoms with van der Waals surface area (Å²) in [6, 6.07) is 0.531. The molecule has 0 saturated heterocycles. The number of aryl methyl sites for hydroxylation is 1. The van der Waals surface area contributed by atoms with Crippen LogP contribution in [0, 0.1) is 12.8 Å². The van der Waals surface area contributed by atoms with Crippen LogP contribution in [-0.4, -0.2) is 30.0 Å². The van der Waals surface area contributed by atoms with Gasteiger partial charge in [0.25, 0.3) is 0 Å². The molecular weight excluding hydrogens is 298 g/mol. The van der Waals surface area contributed by atoms with Crippen LogP contribution in [0.4, 0.5) is 0 Å². The van der Waals surface area contributed by atoms with Crippen LogP contribution in [0.5, 0.6) is 0 Å². The summed E-state index contributed by atoms with van der Waals surface area (Å²) in [5.74, 6) is 0.701. The van der Waals surface area contributed by atoms with Gasteiger partial charge in [-0.05, 0) is 56.9 Å².